The first-order chi connectivity index (χ1) is 12.1. The van der Waals surface area contributed by atoms with E-state index in [1.165, 1.54) is 0 Å². The van der Waals surface area contributed by atoms with Gasteiger partial charge in [-0.15, -0.1) is 0 Å². The van der Waals surface area contributed by atoms with Crippen LogP contribution in [-0.2, 0) is 4.74 Å². The second-order valence-electron chi connectivity index (χ2n) is 5.97. The van der Waals surface area contributed by atoms with Crippen molar-refractivity contribution in [1.29, 1.82) is 0 Å². The van der Waals surface area contributed by atoms with Gasteiger partial charge in [0.1, 0.15) is 11.9 Å². The third-order valence-corrected chi connectivity index (χ3v) is 4.52. The maximum Gasteiger partial charge on any atom is 0.322 e. The van der Waals surface area contributed by atoms with Crippen LogP contribution in [0.3, 0.4) is 0 Å². The Bertz CT molecular complexity index is 749. The smallest absolute Gasteiger partial charge is 0.322 e. The van der Waals surface area contributed by atoms with Crippen LogP contribution in [0.25, 0.3) is 0 Å². The van der Waals surface area contributed by atoms with Gasteiger partial charge in [-0.3, -0.25) is 0 Å². The van der Waals surface area contributed by atoms with Gasteiger partial charge in [0.05, 0.1) is 20.3 Å². The molecule has 132 valence electrons. The fourth-order valence-electron chi connectivity index (χ4n) is 2.81. The molecule has 2 amide bonds. The number of hydrogen-bond donors (Lipinski definition) is 1. The van der Waals surface area contributed by atoms with Crippen molar-refractivity contribution in [3.63, 3.8) is 0 Å². The number of carbonyl (C=O) groups excluding carboxylic acids is 1. The van der Waals surface area contributed by atoms with Crippen LogP contribution in [0.15, 0.2) is 42.5 Å². The fraction of sp³-hybridized carbons (Fsp3) is 0.316. The number of benzene rings is 2. The zero-order chi connectivity index (χ0) is 17.8. The molecule has 0 spiro atoms. The van der Waals surface area contributed by atoms with Gasteiger partial charge in [0.2, 0.25) is 0 Å². The van der Waals surface area contributed by atoms with Crippen molar-refractivity contribution in [2.75, 3.05) is 32.1 Å². The van der Waals surface area contributed by atoms with Crippen LogP contribution in [0.4, 0.5) is 10.5 Å². The summed E-state index contributed by atoms with van der Waals surface area (Å²) >= 11 is 5.93. The van der Waals surface area contributed by atoms with E-state index in [1.807, 2.05) is 49.4 Å². The number of nitrogens with zero attached hydrogens (tertiary/aromatic N) is 1. The van der Waals surface area contributed by atoms with E-state index >= 15 is 0 Å². The molecule has 1 N–H and O–H groups in total. The molecule has 0 aliphatic carbocycles. The third-order valence-electron chi connectivity index (χ3n) is 4.27. The minimum absolute atomic E-state index is 0.129. The van der Waals surface area contributed by atoms with Gasteiger partial charge in [-0.25, -0.2) is 4.79 Å². The summed E-state index contributed by atoms with van der Waals surface area (Å²) in [6, 6.07) is 13.0. The molecule has 0 bridgehead atoms. The summed E-state index contributed by atoms with van der Waals surface area (Å²) in [4.78, 5) is 14.4. The summed E-state index contributed by atoms with van der Waals surface area (Å²) in [6.07, 6.45) is -0.145. The van der Waals surface area contributed by atoms with Gasteiger partial charge in [-0.05, 0) is 48.4 Å². The van der Waals surface area contributed by atoms with Gasteiger partial charge in [0.15, 0.2) is 0 Å². The number of halogens is 1. The summed E-state index contributed by atoms with van der Waals surface area (Å²) in [6.45, 7) is 3.50. The largest absolute Gasteiger partial charge is 0.497 e. The molecule has 2 aromatic rings. The second-order valence-corrected chi connectivity index (χ2v) is 6.40. The maximum atomic E-state index is 12.6. The Morgan fingerprint density at radius 1 is 1.28 bits per heavy atom. The molecule has 0 unspecified atom stereocenters. The average Bonchev–Trinajstić information content (AvgIpc) is 2.64. The molecule has 1 aliphatic rings. The number of anilines is 1. The van der Waals surface area contributed by atoms with Crippen LogP contribution in [0.5, 0.6) is 5.75 Å². The minimum Gasteiger partial charge on any atom is -0.497 e. The fourth-order valence-corrected chi connectivity index (χ4v) is 2.94. The van der Waals surface area contributed by atoms with Gasteiger partial charge in [-0.1, -0.05) is 23.7 Å². The molecule has 0 radical (unpaired) electrons. The molecule has 0 saturated carbocycles. The van der Waals surface area contributed by atoms with Crippen LogP contribution >= 0.6 is 11.6 Å². The normalized spacial score (nSPS) is 17.2. The zero-order valence-electron chi connectivity index (χ0n) is 14.3. The van der Waals surface area contributed by atoms with Crippen molar-refractivity contribution < 1.29 is 14.3 Å². The van der Waals surface area contributed by atoms with E-state index in [4.69, 9.17) is 21.1 Å². The molecule has 2 aromatic carbocycles. The molecule has 1 saturated heterocycles. The molecule has 25 heavy (non-hydrogen) atoms. The number of rotatable bonds is 3. The average molecular weight is 361 g/mol. The number of carbonyl (C=O) groups is 1. The number of ether oxygens (including phenoxy) is 2. The third kappa shape index (κ3) is 4.24. The predicted octanol–water partition coefficient (Wildman–Crippen LogP) is 4.26. The summed E-state index contributed by atoms with van der Waals surface area (Å²) < 4.78 is 11.0. The SMILES string of the molecule is COc1ccc(NC(=O)N2CCO[C@@H](c3ccc(Cl)cc3)C2)c(C)c1. The van der Waals surface area contributed by atoms with Crippen LogP contribution in [0, 0.1) is 6.92 Å². The molecule has 0 aromatic heterocycles. The Hall–Kier alpha value is -2.24. The number of amides is 2. The highest BCUT2D eigenvalue weighted by Crippen LogP contribution is 2.25. The quantitative estimate of drug-likeness (QED) is 0.889. The highest BCUT2D eigenvalue weighted by atomic mass is 35.5. The highest BCUT2D eigenvalue weighted by molar-refractivity contribution is 6.30. The summed E-state index contributed by atoms with van der Waals surface area (Å²) in [5.74, 6) is 0.768. The molecular weight excluding hydrogens is 340 g/mol. The lowest BCUT2D eigenvalue weighted by molar-refractivity contribution is -0.0135. The first-order valence-corrected chi connectivity index (χ1v) is 8.52. The minimum atomic E-state index is -0.145. The van der Waals surface area contributed by atoms with Crippen molar-refractivity contribution in [1.82, 2.24) is 4.90 Å². The number of methoxy groups -OCH3 is 1. The van der Waals surface area contributed by atoms with Crippen molar-refractivity contribution in [2.24, 2.45) is 0 Å². The van der Waals surface area contributed by atoms with E-state index < -0.39 is 0 Å². The standard InChI is InChI=1S/C19H21ClN2O3/c1-13-11-16(24-2)7-8-17(13)21-19(23)22-9-10-25-18(12-22)14-3-5-15(20)6-4-14/h3-8,11,18H,9-10,12H2,1-2H3,(H,21,23)/t18-/m1/s1. The highest BCUT2D eigenvalue weighted by Gasteiger charge is 2.25. The van der Waals surface area contributed by atoms with Crippen molar-refractivity contribution >= 4 is 23.3 Å². The van der Waals surface area contributed by atoms with Gasteiger partial charge >= 0.3 is 6.03 Å². The number of nitrogens with one attached hydrogen (secondary N) is 1. The van der Waals surface area contributed by atoms with Crippen LogP contribution in [0.1, 0.15) is 17.2 Å². The number of aryl methyl sites for hydroxylation is 1. The predicted molar refractivity (Wildman–Crippen MR) is 98.5 cm³/mol. The molecular formula is C19H21ClN2O3. The van der Waals surface area contributed by atoms with E-state index in [0.29, 0.717) is 24.7 Å². The summed E-state index contributed by atoms with van der Waals surface area (Å²) in [5.41, 5.74) is 2.75. The van der Waals surface area contributed by atoms with Crippen molar-refractivity contribution in [2.45, 2.75) is 13.0 Å². The lowest BCUT2D eigenvalue weighted by Crippen LogP contribution is -2.44. The first-order valence-electron chi connectivity index (χ1n) is 8.14. The summed E-state index contributed by atoms with van der Waals surface area (Å²) in [5, 5.41) is 3.65. The van der Waals surface area contributed by atoms with E-state index in [1.54, 1.807) is 12.0 Å². The number of urea groups is 1. The second kappa shape index (κ2) is 7.76. The molecule has 1 heterocycles. The molecule has 1 aliphatic heterocycles. The van der Waals surface area contributed by atoms with Gasteiger partial charge in [0, 0.05) is 17.3 Å². The molecule has 1 fully saturated rings. The van der Waals surface area contributed by atoms with Crippen LogP contribution < -0.4 is 10.1 Å². The van der Waals surface area contributed by atoms with Gasteiger partial charge < -0.3 is 19.7 Å². The summed E-state index contributed by atoms with van der Waals surface area (Å²) in [7, 11) is 1.62. The maximum absolute atomic E-state index is 12.6. The lowest BCUT2D eigenvalue weighted by atomic mass is 10.1. The van der Waals surface area contributed by atoms with E-state index in [2.05, 4.69) is 5.32 Å². The Labute approximate surface area is 152 Å². The molecule has 3 rings (SSSR count). The van der Waals surface area contributed by atoms with Crippen LogP contribution in [0.2, 0.25) is 5.02 Å². The molecule has 1 atom stereocenters. The topological polar surface area (TPSA) is 50.8 Å². The number of morpholine rings is 1. The Morgan fingerprint density at radius 3 is 2.72 bits per heavy atom. The van der Waals surface area contributed by atoms with Gasteiger partial charge in [0.25, 0.3) is 0 Å². The van der Waals surface area contributed by atoms with Crippen molar-refractivity contribution in [3.8, 4) is 5.75 Å². The van der Waals surface area contributed by atoms with Crippen LogP contribution in [-0.4, -0.2) is 37.7 Å². The van der Waals surface area contributed by atoms with E-state index in [9.17, 15) is 4.79 Å². The lowest BCUT2D eigenvalue weighted by Gasteiger charge is -2.33. The first kappa shape index (κ1) is 17.6. The molecule has 5 nitrogen and oxygen atoms in total. The Morgan fingerprint density at radius 2 is 2.04 bits per heavy atom. The zero-order valence-corrected chi connectivity index (χ0v) is 15.0. The van der Waals surface area contributed by atoms with Gasteiger partial charge in [-0.2, -0.15) is 0 Å². The van der Waals surface area contributed by atoms with Crippen molar-refractivity contribution in [3.05, 3.63) is 58.6 Å². The monoisotopic (exact) mass is 360 g/mol. The number of hydrogen-bond acceptors (Lipinski definition) is 3. The van der Waals surface area contributed by atoms with E-state index in [0.717, 1.165) is 22.6 Å². The molecule has 6 heteroatoms. The Balaban J connectivity index is 1.66. The Kier molecular flexibility index (Phi) is 5.46. The van der Waals surface area contributed by atoms with E-state index in [-0.39, 0.29) is 12.1 Å².